The molecule has 0 radical (unpaired) electrons. The van der Waals surface area contributed by atoms with Gasteiger partial charge in [-0.05, 0) is 85.9 Å². The van der Waals surface area contributed by atoms with Gasteiger partial charge in [-0.1, -0.05) is 169 Å². The van der Waals surface area contributed by atoms with E-state index in [2.05, 4.69) is 132 Å². The first-order valence-corrected chi connectivity index (χ1v) is 33.8. The summed E-state index contributed by atoms with van der Waals surface area (Å²) in [6.45, 7) is 46.0. The standard InChI is InChI=1S/C65H115Cl2NO15/c1-22-44-30(8)29(7)37(15)59(70-44)77-51-31(9)38(16)60(71-45(51)23-2)78-52-32(10)39(17)61(72-46(52)24-3)79-53-33(11)40(18)62(73-47(53)25-4)80-54-34(12)41(19)63(74-48(54)26-5)81-55-35(13)42(20)64(75-49(55)27-6)82-56-36(14)43(21)65(76-50(56)28-69)83-58(68)57(66)67/h29-57,59-65,68-69H,22-28H2,1-21H3/t29-,30+,31+,32?,33?,34+,35+,36?,37+,38?,39?,40?,41?,42?,43?,44?,45?,46?,47?,48?,49?,50?,51+,52-,53-,54+,55+,56-,59?,60-,61+,62+,63-,64-,65?/m0/s1. The molecule has 16 nitrogen and oxygen atoms in total. The van der Waals surface area contributed by atoms with Gasteiger partial charge in [0.15, 0.2) is 42.6 Å². The van der Waals surface area contributed by atoms with Gasteiger partial charge in [-0.3, -0.25) is 5.41 Å². The lowest BCUT2D eigenvalue weighted by Crippen LogP contribution is -2.60. The number of hydrogen-bond acceptors (Lipinski definition) is 16. The Labute approximate surface area is 511 Å². The van der Waals surface area contributed by atoms with Crippen molar-refractivity contribution < 1.29 is 71.4 Å². The Hall–Kier alpha value is -0.510. The predicted octanol–water partition coefficient (Wildman–Crippen LogP) is 13.2. The molecule has 484 valence electrons. The summed E-state index contributed by atoms with van der Waals surface area (Å²) in [7, 11) is 0. The number of aliphatic hydroxyl groups excluding tert-OH is 1. The smallest absolute Gasteiger partial charge is 0.217 e. The lowest BCUT2D eigenvalue weighted by Gasteiger charge is -2.52. The van der Waals surface area contributed by atoms with Gasteiger partial charge >= 0.3 is 0 Å². The van der Waals surface area contributed by atoms with Gasteiger partial charge in [-0.2, -0.15) is 0 Å². The molecule has 7 heterocycles. The van der Waals surface area contributed by atoms with Crippen LogP contribution in [-0.2, 0) is 66.3 Å². The number of halogens is 2. The maximum Gasteiger partial charge on any atom is 0.217 e. The monoisotopic (exact) mass is 1220 g/mol. The molecule has 0 aromatic heterocycles. The summed E-state index contributed by atoms with van der Waals surface area (Å²) in [4.78, 5) is -1.12. The molecule has 0 spiro atoms. The Balaban J connectivity index is 0.941. The Bertz CT molecular complexity index is 1970. The van der Waals surface area contributed by atoms with Crippen LogP contribution >= 0.6 is 23.2 Å². The highest BCUT2D eigenvalue weighted by molar-refractivity contribution is 6.53. The van der Waals surface area contributed by atoms with Crippen LogP contribution in [0.25, 0.3) is 0 Å². The number of aliphatic hydroxyl groups is 1. The average molecular weight is 1220 g/mol. The zero-order chi connectivity index (χ0) is 61.2. The fourth-order valence-corrected chi connectivity index (χ4v) is 14.8. The minimum absolute atomic E-state index is 0.00332. The fraction of sp³-hybridized carbons (Fsp3) is 0.985. The zero-order valence-corrected chi connectivity index (χ0v) is 56.2. The quantitative estimate of drug-likeness (QED) is 0.0631. The van der Waals surface area contributed by atoms with Gasteiger partial charge in [0.25, 0.3) is 0 Å². The first kappa shape index (κ1) is 70.0. The van der Waals surface area contributed by atoms with Crippen LogP contribution in [0.15, 0.2) is 0 Å². The molecule has 18 heteroatoms. The van der Waals surface area contributed by atoms with E-state index < -0.39 is 54.8 Å². The second-order valence-corrected chi connectivity index (χ2v) is 28.3. The third-order valence-electron chi connectivity index (χ3n) is 22.5. The molecule has 7 saturated heterocycles. The van der Waals surface area contributed by atoms with E-state index >= 15 is 0 Å². The Morgan fingerprint density at radius 2 is 0.518 bits per heavy atom. The molecular formula is C65H115Cl2NO15. The van der Waals surface area contributed by atoms with Gasteiger partial charge < -0.3 is 71.4 Å². The topological polar surface area (TPSA) is 173 Å². The van der Waals surface area contributed by atoms with E-state index in [0.717, 1.165) is 32.1 Å². The molecule has 7 aliphatic heterocycles. The van der Waals surface area contributed by atoms with E-state index in [-0.39, 0.29) is 163 Å². The largest absolute Gasteiger partial charge is 0.449 e. The molecule has 0 aromatic carbocycles. The first-order valence-electron chi connectivity index (χ1n) is 33.0. The van der Waals surface area contributed by atoms with Crippen molar-refractivity contribution in [2.45, 2.75) is 312 Å². The first-order chi connectivity index (χ1) is 39.3. The van der Waals surface area contributed by atoms with E-state index in [1.165, 1.54) is 0 Å². The second-order valence-electron chi connectivity index (χ2n) is 27.2. The van der Waals surface area contributed by atoms with Crippen molar-refractivity contribution >= 4 is 29.1 Å². The van der Waals surface area contributed by atoms with Crippen LogP contribution < -0.4 is 0 Å². The van der Waals surface area contributed by atoms with Gasteiger partial charge in [0.05, 0.1) is 79.9 Å². The Morgan fingerprint density at radius 3 is 0.747 bits per heavy atom. The highest BCUT2D eigenvalue weighted by Crippen LogP contribution is 2.47. The Kier molecular flexibility index (Phi) is 25.7. The number of rotatable bonds is 21. The normalized spacial score (nSPS) is 51.0. The minimum Gasteiger partial charge on any atom is -0.449 e. The van der Waals surface area contributed by atoms with Crippen LogP contribution in [0.2, 0.25) is 0 Å². The highest BCUT2D eigenvalue weighted by atomic mass is 35.5. The van der Waals surface area contributed by atoms with Crippen molar-refractivity contribution in [3.05, 3.63) is 0 Å². The predicted molar refractivity (Wildman–Crippen MR) is 320 cm³/mol. The molecule has 2 N–H and O–H groups in total. The summed E-state index contributed by atoms with van der Waals surface area (Å²) in [5.74, 6) is 1.33. The lowest BCUT2D eigenvalue weighted by molar-refractivity contribution is -0.370. The van der Waals surface area contributed by atoms with Crippen LogP contribution in [-0.4, -0.2) is 146 Å². The molecule has 0 aromatic rings. The maximum absolute atomic E-state index is 10.5. The van der Waals surface area contributed by atoms with Gasteiger partial charge in [-0.25, -0.2) is 0 Å². The maximum atomic E-state index is 10.5. The number of nitrogens with one attached hydrogen (secondary N) is 1. The van der Waals surface area contributed by atoms with Crippen molar-refractivity contribution in [3.8, 4) is 0 Å². The molecule has 18 unspecified atom stereocenters. The molecular weight excluding hydrogens is 1110 g/mol. The lowest BCUT2D eigenvalue weighted by atomic mass is 9.78. The number of ether oxygens (including phenoxy) is 14. The molecule has 0 amide bonds. The molecule has 35 atom stereocenters. The molecule has 0 bridgehead atoms. The Morgan fingerprint density at radius 1 is 0.313 bits per heavy atom. The minimum atomic E-state index is -1.12. The van der Waals surface area contributed by atoms with Crippen LogP contribution in [0.5, 0.6) is 0 Å². The van der Waals surface area contributed by atoms with Gasteiger partial charge in [0.2, 0.25) is 12.2 Å². The highest BCUT2D eigenvalue weighted by Gasteiger charge is 2.55. The summed E-state index contributed by atoms with van der Waals surface area (Å²) in [5.41, 5.74) is 0. The summed E-state index contributed by atoms with van der Waals surface area (Å²) >= 11 is 11.8. The summed E-state index contributed by atoms with van der Waals surface area (Å²) in [5, 5.41) is 18.5. The van der Waals surface area contributed by atoms with Gasteiger partial charge in [-0.15, -0.1) is 0 Å². The summed E-state index contributed by atoms with van der Waals surface area (Å²) in [6.07, 6.45) is -1.61. The van der Waals surface area contributed by atoms with Gasteiger partial charge in [0, 0.05) is 41.4 Å². The van der Waals surface area contributed by atoms with Crippen LogP contribution in [0.1, 0.15) is 184 Å². The van der Waals surface area contributed by atoms with Crippen molar-refractivity contribution in [1.29, 1.82) is 5.41 Å². The van der Waals surface area contributed by atoms with Crippen molar-refractivity contribution in [2.75, 3.05) is 6.61 Å². The van der Waals surface area contributed by atoms with E-state index in [1.807, 2.05) is 13.8 Å². The molecule has 83 heavy (non-hydrogen) atoms. The fourth-order valence-electron chi connectivity index (χ4n) is 14.7. The number of alkyl halides is 2. The molecule has 7 fully saturated rings. The van der Waals surface area contributed by atoms with Crippen LogP contribution in [0.3, 0.4) is 0 Å². The average Bonchev–Trinajstić information content (AvgIpc) is 3.66. The molecule has 7 rings (SSSR count). The third kappa shape index (κ3) is 15.0. The molecule has 0 saturated carbocycles. The van der Waals surface area contributed by atoms with Gasteiger partial charge in [0.1, 0.15) is 6.10 Å². The van der Waals surface area contributed by atoms with E-state index in [9.17, 15) is 5.11 Å². The van der Waals surface area contributed by atoms with E-state index in [0.29, 0.717) is 18.3 Å². The van der Waals surface area contributed by atoms with Crippen LogP contribution in [0, 0.1) is 94.2 Å². The van der Waals surface area contributed by atoms with Crippen molar-refractivity contribution in [1.82, 2.24) is 0 Å². The number of hydrogen-bond donors (Lipinski definition) is 2. The van der Waals surface area contributed by atoms with Crippen LogP contribution in [0.4, 0.5) is 0 Å². The molecule has 7 aliphatic rings. The third-order valence-corrected chi connectivity index (χ3v) is 22.9. The van der Waals surface area contributed by atoms with Crippen molar-refractivity contribution in [2.24, 2.45) is 88.8 Å². The van der Waals surface area contributed by atoms with E-state index in [4.69, 9.17) is 94.9 Å². The SMILES string of the molecule is CCC1O[C@H](O[C@H]2C(CC)O[C@@H](O[C@H]3C(CC)O[C@@H](O[C@@H]4C(CO)OC(OC(=N)C(Cl)Cl)C(C)C4C)C(C)[C@H]3C)C(C)[C@H]2C)C(C)C(C)[C@@H]1O[C@H]1OC(CC)[C@@H](O[C@@H]2OC(CC)[C@H](OC3OC(CC)[C@H](C)[C@H](C)[C@H]3C)[C@H](C)C2C)C(C)C1C. The van der Waals surface area contributed by atoms with Crippen molar-refractivity contribution in [3.63, 3.8) is 0 Å². The second kappa shape index (κ2) is 30.5. The summed E-state index contributed by atoms with van der Waals surface area (Å²) in [6, 6.07) is 0. The van der Waals surface area contributed by atoms with E-state index in [1.54, 1.807) is 0 Å². The zero-order valence-electron chi connectivity index (χ0n) is 54.7. The molecule has 0 aliphatic carbocycles. The summed E-state index contributed by atoms with van der Waals surface area (Å²) < 4.78 is 95.5.